The normalized spacial score (nSPS) is 16.5. The van der Waals surface area contributed by atoms with Crippen LogP contribution in [0.2, 0.25) is 0 Å². The van der Waals surface area contributed by atoms with Crippen LogP contribution >= 0.6 is 0 Å². The van der Waals surface area contributed by atoms with Crippen molar-refractivity contribution >= 4 is 41.7 Å². The molecule has 0 saturated carbocycles. The summed E-state index contributed by atoms with van der Waals surface area (Å²) >= 11 is 0. The van der Waals surface area contributed by atoms with E-state index in [0.29, 0.717) is 87.4 Å². The fourth-order valence-corrected chi connectivity index (χ4v) is 5.31. The molecule has 0 spiro atoms. The van der Waals surface area contributed by atoms with Gasteiger partial charge in [-0.05, 0) is 25.9 Å². The van der Waals surface area contributed by atoms with Crippen LogP contribution in [0.1, 0.15) is 16.2 Å². The number of piperazine rings is 1. The second-order valence-corrected chi connectivity index (χ2v) is 11.0. The van der Waals surface area contributed by atoms with Crippen molar-refractivity contribution in [2.24, 2.45) is 17.0 Å². The summed E-state index contributed by atoms with van der Waals surface area (Å²) < 4.78 is 7.52. The number of carbonyl (C=O) groups excluding carboxylic acids is 2. The maximum absolute atomic E-state index is 13.4. The molecule has 1 aromatic carbocycles. The van der Waals surface area contributed by atoms with E-state index in [-0.39, 0.29) is 24.9 Å². The van der Waals surface area contributed by atoms with Gasteiger partial charge in [0, 0.05) is 69.9 Å². The lowest BCUT2D eigenvalue weighted by Gasteiger charge is -2.33. The highest BCUT2D eigenvalue weighted by Gasteiger charge is 2.25. The number of rotatable bonds is 11. The SMILES string of the molecule is C=N/C=C(\C=N/CN(C)Cc1nc2c(N3CCOCC3)nc(-c3cccc(C(=O)N4CCN(CO)CC4)c3)nc2n1C)C(=O)NO. The Kier molecular flexibility index (Phi) is 10.8. The molecule has 0 atom stereocenters. The number of aromatic nitrogens is 4. The summed E-state index contributed by atoms with van der Waals surface area (Å²) in [5.41, 5.74) is 4.20. The minimum absolute atomic E-state index is 0.0132. The third-order valence-corrected chi connectivity index (χ3v) is 7.89. The lowest BCUT2D eigenvalue weighted by atomic mass is 10.1. The zero-order chi connectivity index (χ0) is 32.6. The van der Waals surface area contributed by atoms with Gasteiger partial charge in [0.2, 0.25) is 0 Å². The van der Waals surface area contributed by atoms with Crippen LogP contribution in [0.3, 0.4) is 0 Å². The zero-order valence-electron chi connectivity index (χ0n) is 26.0. The average molecular weight is 634 g/mol. The molecule has 2 saturated heterocycles. The number of fused-ring (bicyclic) bond motifs is 1. The molecule has 2 aliphatic rings. The number of hydrogen-bond donors (Lipinski definition) is 3. The Hall–Kier alpha value is -4.61. The molecule has 0 aliphatic carbocycles. The van der Waals surface area contributed by atoms with Gasteiger partial charge in [0.25, 0.3) is 11.8 Å². The van der Waals surface area contributed by atoms with Crippen LogP contribution in [0.5, 0.6) is 0 Å². The Morgan fingerprint density at radius 2 is 1.89 bits per heavy atom. The van der Waals surface area contributed by atoms with E-state index in [2.05, 4.69) is 21.6 Å². The highest BCUT2D eigenvalue weighted by Crippen LogP contribution is 2.29. The first kappa shape index (κ1) is 32.8. The zero-order valence-corrected chi connectivity index (χ0v) is 26.0. The Labute approximate surface area is 266 Å². The molecule has 0 radical (unpaired) electrons. The predicted molar refractivity (Wildman–Crippen MR) is 172 cm³/mol. The molecule has 2 aromatic heterocycles. The third kappa shape index (κ3) is 7.43. The first-order chi connectivity index (χ1) is 22.3. The molecule has 2 aliphatic heterocycles. The number of morpholine rings is 1. The number of aliphatic hydroxyl groups is 1. The molecule has 3 N–H and O–H groups in total. The van der Waals surface area contributed by atoms with Crippen molar-refractivity contribution in [3.63, 3.8) is 0 Å². The summed E-state index contributed by atoms with van der Waals surface area (Å²) in [6, 6.07) is 7.37. The fourth-order valence-electron chi connectivity index (χ4n) is 5.31. The number of amides is 2. The van der Waals surface area contributed by atoms with Gasteiger partial charge >= 0.3 is 0 Å². The minimum Gasteiger partial charge on any atom is -0.381 e. The van der Waals surface area contributed by atoms with E-state index < -0.39 is 5.91 Å². The standard InChI is InChI=1S/C30H39N11O5/c1-31-16-23(29(43)36-45)17-32-19-37(2)18-24-33-25-27(38(24)3)34-26(35-28(25)40-11-13-46-14-12-40)21-5-4-6-22(15-21)30(44)41-9-7-39(20-42)8-10-41/h4-6,15-17,42,45H,1,7-14,18-20H2,2-3H3,(H,36,43)/b23-16+,32-17-. The number of benzene rings is 1. The van der Waals surface area contributed by atoms with Gasteiger partial charge in [-0.2, -0.15) is 0 Å². The van der Waals surface area contributed by atoms with Gasteiger partial charge in [0.05, 0.1) is 38.7 Å². The monoisotopic (exact) mass is 633 g/mol. The maximum Gasteiger partial charge on any atom is 0.277 e. The van der Waals surface area contributed by atoms with Crippen LogP contribution in [-0.2, 0) is 23.1 Å². The highest BCUT2D eigenvalue weighted by molar-refractivity contribution is 6.11. The number of aliphatic hydroxyl groups excluding tert-OH is 1. The molecule has 4 heterocycles. The predicted octanol–water partition coefficient (Wildman–Crippen LogP) is 0.125. The largest absolute Gasteiger partial charge is 0.381 e. The van der Waals surface area contributed by atoms with Gasteiger partial charge < -0.3 is 24.2 Å². The molecule has 0 unspecified atom stereocenters. The van der Waals surface area contributed by atoms with Crippen LogP contribution in [-0.4, -0.2) is 142 Å². The van der Waals surface area contributed by atoms with E-state index in [1.165, 1.54) is 12.4 Å². The first-order valence-corrected chi connectivity index (χ1v) is 14.9. The average Bonchev–Trinajstić information content (AvgIpc) is 3.41. The van der Waals surface area contributed by atoms with E-state index in [1.807, 2.05) is 46.7 Å². The van der Waals surface area contributed by atoms with Crippen molar-refractivity contribution in [1.82, 2.24) is 39.7 Å². The van der Waals surface area contributed by atoms with Crippen molar-refractivity contribution in [1.29, 1.82) is 0 Å². The van der Waals surface area contributed by atoms with Crippen molar-refractivity contribution in [2.45, 2.75) is 6.54 Å². The van der Waals surface area contributed by atoms with E-state index in [4.69, 9.17) is 24.9 Å². The molecule has 0 bridgehead atoms. The molecule has 2 fully saturated rings. The van der Waals surface area contributed by atoms with E-state index in [9.17, 15) is 14.7 Å². The van der Waals surface area contributed by atoms with Crippen molar-refractivity contribution in [3.8, 4) is 11.4 Å². The lowest BCUT2D eigenvalue weighted by molar-refractivity contribution is -0.124. The van der Waals surface area contributed by atoms with Crippen LogP contribution in [0, 0.1) is 0 Å². The molecular weight excluding hydrogens is 594 g/mol. The topological polar surface area (TPSA) is 177 Å². The Balaban J connectivity index is 1.43. The molecule has 3 aromatic rings. The summed E-state index contributed by atoms with van der Waals surface area (Å²) in [5.74, 6) is 1.11. The number of imidazole rings is 1. The third-order valence-electron chi connectivity index (χ3n) is 7.89. The molecule has 46 heavy (non-hydrogen) atoms. The molecule has 2 amide bonds. The van der Waals surface area contributed by atoms with Gasteiger partial charge in [0.1, 0.15) is 5.82 Å². The van der Waals surface area contributed by atoms with E-state index in [1.54, 1.807) is 16.4 Å². The first-order valence-electron chi connectivity index (χ1n) is 14.9. The summed E-state index contributed by atoms with van der Waals surface area (Å²) in [7, 11) is 3.76. The quantitative estimate of drug-likeness (QED) is 0.113. The number of ether oxygens (including phenoxy) is 1. The second kappa shape index (κ2) is 15.1. The number of aryl methyl sites for hydroxylation is 1. The summed E-state index contributed by atoms with van der Waals surface area (Å²) in [5, 5.41) is 18.3. The number of aliphatic imine (C=N–C) groups is 2. The second-order valence-electron chi connectivity index (χ2n) is 11.0. The van der Waals surface area contributed by atoms with Gasteiger partial charge in [-0.1, -0.05) is 12.1 Å². The summed E-state index contributed by atoms with van der Waals surface area (Å²) in [6.07, 6.45) is 2.52. The number of nitrogens with one attached hydrogen (secondary N) is 1. The fraction of sp³-hybridized carbons (Fsp3) is 0.433. The van der Waals surface area contributed by atoms with Crippen molar-refractivity contribution in [3.05, 3.63) is 47.4 Å². The highest BCUT2D eigenvalue weighted by atomic mass is 16.5. The number of anilines is 1. The Bertz CT molecular complexity index is 1620. The van der Waals surface area contributed by atoms with Gasteiger partial charge in [-0.3, -0.25) is 34.6 Å². The molecule has 5 rings (SSSR count). The molecule has 16 nitrogen and oxygen atoms in total. The van der Waals surface area contributed by atoms with Crippen LogP contribution in [0.15, 0.2) is 46.0 Å². The number of nitrogens with zero attached hydrogens (tertiary/aromatic N) is 10. The van der Waals surface area contributed by atoms with Crippen molar-refractivity contribution < 1.29 is 24.6 Å². The number of hydrogen-bond acceptors (Lipinski definition) is 13. The Morgan fingerprint density at radius 3 is 2.59 bits per heavy atom. The van der Waals surface area contributed by atoms with E-state index in [0.717, 1.165) is 11.4 Å². The smallest absolute Gasteiger partial charge is 0.277 e. The molecular formula is C30H39N11O5. The van der Waals surface area contributed by atoms with Gasteiger partial charge in [-0.25, -0.2) is 20.4 Å². The van der Waals surface area contributed by atoms with Crippen LogP contribution in [0.25, 0.3) is 22.6 Å². The summed E-state index contributed by atoms with van der Waals surface area (Å²) in [4.78, 5) is 55.6. The van der Waals surface area contributed by atoms with Crippen molar-refractivity contribution in [2.75, 3.05) is 77.8 Å². The molecule has 16 heteroatoms. The minimum atomic E-state index is -0.741. The Morgan fingerprint density at radius 1 is 1.13 bits per heavy atom. The maximum atomic E-state index is 13.4. The number of carbonyl (C=O) groups is 2. The lowest BCUT2D eigenvalue weighted by Crippen LogP contribution is -2.48. The molecule has 244 valence electrons. The summed E-state index contributed by atoms with van der Waals surface area (Å²) in [6.45, 7) is 8.77. The van der Waals surface area contributed by atoms with Gasteiger partial charge in [0.15, 0.2) is 22.8 Å². The van der Waals surface area contributed by atoms with Crippen LogP contribution in [0.4, 0.5) is 5.82 Å². The van der Waals surface area contributed by atoms with E-state index >= 15 is 0 Å². The van der Waals surface area contributed by atoms with Gasteiger partial charge in [-0.15, -0.1) is 0 Å². The van der Waals surface area contributed by atoms with Crippen LogP contribution < -0.4 is 10.4 Å². The number of hydroxylamine groups is 1.